The van der Waals surface area contributed by atoms with Crippen LogP contribution in [0.4, 0.5) is 0 Å². The lowest BCUT2D eigenvalue weighted by atomic mass is 9.84. The van der Waals surface area contributed by atoms with Gasteiger partial charge in [0.25, 0.3) is 0 Å². The smallest absolute Gasteiger partial charge is 0.0795 e. The fourth-order valence-electron chi connectivity index (χ4n) is 3.10. The molecule has 3 heteroatoms. The molecular weight excluding hydrogens is 218 g/mol. The molecule has 0 aromatic carbocycles. The van der Waals surface area contributed by atoms with E-state index < -0.39 is 0 Å². The van der Waals surface area contributed by atoms with Crippen LogP contribution >= 0.6 is 11.8 Å². The first kappa shape index (κ1) is 11.4. The number of nitrogens with one attached hydrogen (secondary N) is 1. The van der Waals surface area contributed by atoms with Crippen molar-refractivity contribution in [1.29, 1.82) is 0 Å². The molecule has 3 rings (SSSR count). The van der Waals surface area contributed by atoms with Crippen molar-refractivity contribution >= 4 is 11.8 Å². The molecule has 0 radical (unpaired) electrons. The maximum atomic E-state index is 6.04. The Hall–Kier alpha value is 0.270. The fourth-order valence-corrected chi connectivity index (χ4v) is 4.47. The highest BCUT2D eigenvalue weighted by Gasteiger charge is 2.40. The summed E-state index contributed by atoms with van der Waals surface area (Å²) in [5.74, 6) is 3.51. The molecule has 2 unspecified atom stereocenters. The van der Waals surface area contributed by atoms with Crippen LogP contribution in [0.2, 0.25) is 0 Å². The molecule has 1 N–H and O–H groups in total. The molecule has 3 fully saturated rings. The van der Waals surface area contributed by atoms with Crippen molar-refractivity contribution in [3.63, 3.8) is 0 Å². The minimum Gasteiger partial charge on any atom is -0.374 e. The zero-order valence-corrected chi connectivity index (χ0v) is 10.9. The van der Waals surface area contributed by atoms with E-state index in [-0.39, 0.29) is 5.60 Å². The molecule has 1 saturated carbocycles. The first-order chi connectivity index (χ1) is 7.86. The Morgan fingerprint density at radius 3 is 2.94 bits per heavy atom. The number of rotatable bonds is 3. The van der Waals surface area contributed by atoms with Crippen LogP contribution in [-0.4, -0.2) is 36.3 Å². The fraction of sp³-hybridized carbons (Fsp3) is 1.00. The first-order valence-corrected chi connectivity index (χ1v) is 7.97. The van der Waals surface area contributed by atoms with Gasteiger partial charge in [-0.2, -0.15) is 11.8 Å². The van der Waals surface area contributed by atoms with Crippen molar-refractivity contribution in [2.24, 2.45) is 5.92 Å². The molecule has 3 aliphatic rings. The Labute approximate surface area is 103 Å². The summed E-state index contributed by atoms with van der Waals surface area (Å²) in [6.45, 7) is 2.23. The van der Waals surface area contributed by atoms with E-state index in [1.807, 2.05) is 0 Å². The van der Waals surface area contributed by atoms with E-state index in [0.717, 1.165) is 18.6 Å². The van der Waals surface area contributed by atoms with Gasteiger partial charge in [0, 0.05) is 18.4 Å². The summed E-state index contributed by atoms with van der Waals surface area (Å²) in [7, 11) is 0. The molecule has 0 aromatic heterocycles. The second-order valence-electron chi connectivity index (χ2n) is 5.73. The molecule has 16 heavy (non-hydrogen) atoms. The molecule has 2 heterocycles. The van der Waals surface area contributed by atoms with Crippen molar-refractivity contribution in [2.75, 3.05) is 24.7 Å². The lowest BCUT2D eigenvalue weighted by Crippen LogP contribution is -2.48. The van der Waals surface area contributed by atoms with Crippen LogP contribution < -0.4 is 5.32 Å². The maximum absolute atomic E-state index is 6.04. The molecule has 92 valence electrons. The number of thioether (sulfide) groups is 1. The van der Waals surface area contributed by atoms with Crippen LogP contribution in [0, 0.1) is 5.92 Å². The predicted octanol–water partition coefficient (Wildman–Crippen LogP) is 2.43. The molecule has 1 aliphatic carbocycles. The Morgan fingerprint density at radius 2 is 2.25 bits per heavy atom. The average Bonchev–Trinajstić information content (AvgIpc) is 2.64. The number of hydrogen-bond donors (Lipinski definition) is 1. The van der Waals surface area contributed by atoms with E-state index >= 15 is 0 Å². The van der Waals surface area contributed by atoms with Gasteiger partial charge < -0.3 is 10.1 Å². The second kappa shape index (κ2) is 4.87. The topological polar surface area (TPSA) is 21.3 Å². The highest BCUT2D eigenvalue weighted by molar-refractivity contribution is 7.99. The van der Waals surface area contributed by atoms with E-state index in [0.29, 0.717) is 0 Å². The third-order valence-corrected chi connectivity index (χ3v) is 5.70. The van der Waals surface area contributed by atoms with Gasteiger partial charge in [0.15, 0.2) is 0 Å². The summed E-state index contributed by atoms with van der Waals surface area (Å²) in [5.41, 5.74) is 0.250. The zero-order chi connectivity index (χ0) is 10.8. The van der Waals surface area contributed by atoms with Gasteiger partial charge in [-0.15, -0.1) is 0 Å². The molecule has 2 saturated heterocycles. The summed E-state index contributed by atoms with van der Waals surface area (Å²) in [4.78, 5) is 0. The Kier molecular flexibility index (Phi) is 3.46. The van der Waals surface area contributed by atoms with Gasteiger partial charge in [-0.3, -0.25) is 0 Å². The highest BCUT2D eigenvalue weighted by Crippen LogP contribution is 2.38. The van der Waals surface area contributed by atoms with Gasteiger partial charge >= 0.3 is 0 Å². The minimum absolute atomic E-state index is 0.250. The first-order valence-electron chi connectivity index (χ1n) is 6.81. The standard InChI is InChI=1S/C13H23NOS/c1-2-11(3-1)9-14-12-4-6-15-13(8-12)5-7-16-10-13/h11-12,14H,1-10H2. The molecule has 0 amide bonds. The number of ether oxygens (including phenoxy) is 1. The Bertz CT molecular complexity index is 236. The third kappa shape index (κ3) is 2.41. The summed E-state index contributed by atoms with van der Waals surface area (Å²) in [6, 6.07) is 0.730. The SMILES string of the molecule is C1CC(CNC2CCOC3(CCSC3)C2)C1. The van der Waals surface area contributed by atoms with E-state index in [4.69, 9.17) is 4.74 Å². The van der Waals surface area contributed by atoms with E-state index in [2.05, 4.69) is 17.1 Å². The van der Waals surface area contributed by atoms with Crippen molar-refractivity contribution in [3.8, 4) is 0 Å². The molecule has 0 aromatic rings. The lowest BCUT2D eigenvalue weighted by Gasteiger charge is -2.39. The molecule has 1 spiro atoms. The van der Waals surface area contributed by atoms with Crippen molar-refractivity contribution in [2.45, 2.75) is 50.2 Å². The summed E-state index contributed by atoms with van der Waals surface area (Å²) in [6.07, 6.45) is 8.13. The largest absolute Gasteiger partial charge is 0.374 e. The highest BCUT2D eigenvalue weighted by atomic mass is 32.2. The van der Waals surface area contributed by atoms with Crippen LogP contribution in [-0.2, 0) is 4.74 Å². The van der Waals surface area contributed by atoms with Crippen molar-refractivity contribution in [1.82, 2.24) is 5.32 Å². The molecule has 2 atom stereocenters. The zero-order valence-electron chi connectivity index (χ0n) is 10.0. The van der Waals surface area contributed by atoms with Gasteiger partial charge in [-0.05, 0) is 50.3 Å². The minimum atomic E-state index is 0.250. The summed E-state index contributed by atoms with van der Waals surface area (Å²) < 4.78 is 6.04. The van der Waals surface area contributed by atoms with E-state index in [9.17, 15) is 0 Å². The summed E-state index contributed by atoms with van der Waals surface area (Å²) in [5, 5.41) is 3.79. The van der Waals surface area contributed by atoms with E-state index in [1.165, 1.54) is 56.6 Å². The maximum Gasteiger partial charge on any atom is 0.0795 e. The second-order valence-corrected chi connectivity index (χ2v) is 6.83. The van der Waals surface area contributed by atoms with Crippen LogP contribution in [0.3, 0.4) is 0 Å². The van der Waals surface area contributed by atoms with Gasteiger partial charge in [-0.1, -0.05) is 6.42 Å². The Balaban J connectivity index is 1.47. The summed E-state index contributed by atoms with van der Waals surface area (Å²) >= 11 is 2.07. The van der Waals surface area contributed by atoms with Crippen LogP contribution in [0.25, 0.3) is 0 Å². The molecule has 2 aliphatic heterocycles. The Morgan fingerprint density at radius 1 is 1.31 bits per heavy atom. The normalized spacial score (nSPS) is 40.1. The number of hydrogen-bond acceptors (Lipinski definition) is 3. The van der Waals surface area contributed by atoms with Crippen molar-refractivity contribution in [3.05, 3.63) is 0 Å². The van der Waals surface area contributed by atoms with Crippen LogP contribution in [0.15, 0.2) is 0 Å². The van der Waals surface area contributed by atoms with Gasteiger partial charge in [0.1, 0.15) is 0 Å². The third-order valence-electron chi connectivity index (χ3n) is 4.48. The molecule has 0 bridgehead atoms. The van der Waals surface area contributed by atoms with Crippen molar-refractivity contribution < 1.29 is 4.74 Å². The van der Waals surface area contributed by atoms with Crippen LogP contribution in [0.5, 0.6) is 0 Å². The molecular formula is C13H23NOS. The monoisotopic (exact) mass is 241 g/mol. The van der Waals surface area contributed by atoms with Gasteiger partial charge in [-0.25, -0.2) is 0 Å². The molecule has 2 nitrogen and oxygen atoms in total. The van der Waals surface area contributed by atoms with Crippen LogP contribution in [0.1, 0.15) is 38.5 Å². The van der Waals surface area contributed by atoms with Gasteiger partial charge in [0.2, 0.25) is 0 Å². The van der Waals surface area contributed by atoms with E-state index in [1.54, 1.807) is 0 Å². The quantitative estimate of drug-likeness (QED) is 0.820. The predicted molar refractivity (Wildman–Crippen MR) is 69.0 cm³/mol. The lowest BCUT2D eigenvalue weighted by molar-refractivity contribution is -0.0706. The van der Waals surface area contributed by atoms with Gasteiger partial charge in [0.05, 0.1) is 5.60 Å². The average molecular weight is 241 g/mol.